The van der Waals surface area contributed by atoms with E-state index in [1.165, 1.54) is 0 Å². The summed E-state index contributed by atoms with van der Waals surface area (Å²) in [5, 5.41) is 0. The highest BCUT2D eigenvalue weighted by Gasteiger charge is 2.29. The summed E-state index contributed by atoms with van der Waals surface area (Å²) >= 11 is 0. The van der Waals surface area contributed by atoms with Crippen LogP contribution in [0.25, 0.3) is 6.08 Å². The third-order valence-electron chi connectivity index (χ3n) is 4.04. The fourth-order valence-corrected chi connectivity index (χ4v) is 2.82. The lowest BCUT2D eigenvalue weighted by Crippen LogP contribution is -2.29. The van der Waals surface area contributed by atoms with E-state index in [0.717, 1.165) is 30.6 Å². The highest BCUT2D eigenvalue weighted by Crippen LogP contribution is 2.30. The number of amides is 1. The molecule has 0 bridgehead atoms. The molecular weight excluding hydrogens is 302 g/mol. The molecule has 24 heavy (non-hydrogen) atoms. The Morgan fingerprint density at radius 1 is 1.25 bits per heavy atom. The van der Waals surface area contributed by atoms with E-state index >= 15 is 0 Å². The fraction of sp³-hybridized carbons (Fsp3) is 0.333. The summed E-state index contributed by atoms with van der Waals surface area (Å²) in [5.41, 5.74) is 1.76. The van der Waals surface area contributed by atoms with E-state index < -0.39 is 0 Å². The second kappa shape index (κ2) is 7.21. The lowest BCUT2D eigenvalue weighted by molar-refractivity contribution is -0.126. The number of pyridine rings is 1. The maximum atomic E-state index is 12.5. The van der Waals surface area contributed by atoms with Gasteiger partial charge in [-0.05, 0) is 31.1 Å². The molecule has 3 rings (SSSR count). The first kappa shape index (κ1) is 16.1. The summed E-state index contributed by atoms with van der Waals surface area (Å²) in [4.78, 5) is 29.1. The standard InChI is InChI=1S/C18H21N5O/c1-22(2)18-20-12-14(13-21-18)8-9-17(24)23-11-5-7-16(23)15-6-3-4-10-19-15/h3-4,6,8-10,12-13,16H,5,7,11H2,1-2H3. The maximum absolute atomic E-state index is 12.5. The van der Waals surface area contributed by atoms with Gasteiger partial charge in [0.2, 0.25) is 11.9 Å². The molecule has 0 N–H and O–H groups in total. The number of carbonyl (C=O) groups is 1. The van der Waals surface area contributed by atoms with E-state index in [2.05, 4.69) is 15.0 Å². The molecule has 0 spiro atoms. The monoisotopic (exact) mass is 323 g/mol. The molecule has 1 atom stereocenters. The van der Waals surface area contributed by atoms with Gasteiger partial charge in [-0.3, -0.25) is 9.78 Å². The highest BCUT2D eigenvalue weighted by molar-refractivity contribution is 5.92. The highest BCUT2D eigenvalue weighted by atomic mass is 16.2. The van der Waals surface area contributed by atoms with Gasteiger partial charge in [0.15, 0.2) is 0 Å². The number of carbonyl (C=O) groups excluding carboxylic acids is 1. The Bertz CT molecular complexity index is 712. The summed E-state index contributed by atoms with van der Waals surface area (Å²) in [6.45, 7) is 0.764. The number of anilines is 1. The third-order valence-corrected chi connectivity index (χ3v) is 4.04. The lowest BCUT2D eigenvalue weighted by Gasteiger charge is -2.22. The minimum Gasteiger partial charge on any atom is -0.347 e. The van der Waals surface area contributed by atoms with Crippen LogP contribution in [0.2, 0.25) is 0 Å². The van der Waals surface area contributed by atoms with Crippen molar-refractivity contribution in [2.24, 2.45) is 0 Å². The van der Waals surface area contributed by atoms with Gasteiger partial charge in [0, 0.05) is 50.9 Å². The van der Waals surface area contributed by atoms with Crippen molar-refractivity contribution in [2.45, 2.75) is 18.9 Å². The fourth-order valence-electron chi connectivity index (χ4n) is 2.82. The Morgan fingerprint density at radius 2 is 2.04 bits per heavy atom. The minimum atomic E-state index is -0.000149. The van der Waals surface area contributed by atoms with E-state index in [9.17, 15) is 4.79 Å². The van der Waals surface area contributed by atoms with Gasteiger partial charge >= 0.3 is 0 Å². The van der Waals surface area contributed by atoms with Crippen molar-refractivity contribution in [3.05, 3.63) is 54.1 Å². The quantitative estimate of drug-likeness (QED) is 0.808. The summed E-state index contributed by atoms with van der Waals surface area (Å²) in [7, 11) is 3.78. The predicted molar refractivity (Wildman–Crippen MR) is 93.3 cm³/mol. The van der Waals surface area contributed by atoms with Gasteiger partial charge in [0.25, 0.3) is 0 Å². The molecule has 124 valence electrons. The van der Waals surface area contributed by atoms with E-state index in [1.807, 2.05) is 42.1 Å². The second-order valence-corrected chi connectivity index (χ2v) is 5.99. The molecule has 1 aliphatic heterocycles. The van der Waals surface area contributed by atoms with Crippen LogP contribution in [-0.2, 0) is 4.79 Å². The van der Waals surface area contributed by atoms with E-state index in [4.69, 9.17) is 0 Å². The van der Waals surface area contributed by atoms with E-state index in [0.29, 0.717) is 5.95 Å². The van der Waals surface area contributed by atoms with Gasteiger partial charge in [-0.1, -0.05) is 6.07 Å². The van der Waals surface area contributed by atoms with Crippen molar-refractivity contribution in [1.82, 2.24) is 19.9 Å². The minimum absolute atomic E-state index is 0.000149. The largest absolute Gasteiger partial charge is 0.347 e. The van der Waals surface area contributed by atoms with Crippen molar-refractivity contribution in [3.63, 3.8) is 0 Å². The van der Waals surface area contributed by atoms with Crippen molar-refractivity contribution in [1.29, 1.82) is 0 Å². The van der Waals surface area contributed by atoms with Gasteiger partial charge in [-0.2, -0.15) is 0 Å². The van der Waals surface area contributed by atoms with E-state index in [-0.39, 0.29) is 11.9 Å². The first-order valence-electron chi connectivity index (χ1n) is 8.04. The molecule has 6 heteroatoms. The number of likely N-dealkylation sites (tertiary alicyclic amines) is 1. The van der Waals surface area contributed by atoms with Gasteiger partial charge < -0.3 is 9.80 Å². The van der Waals surface area contributed by atoms with Crippen LogP contribution in [0.1, 0.15) is 30.1 Å². The van der Waals surface area contributed by atoms with Crippen LogP contribution >= 0.6 is 0 Å². The molecule has 0 aliphatic carbocycles. The van der Waals surface area contributed by atoms with Crippen LogP contribution in [0.5, 0.6) is 0 Å². The number of hydrogen-bond donors (Lipinski definition) is 0. The van der Waals surface area contributed by atoms with Crippen molar-refractivity contribution in [2.75, 3.05) is 25.5 Å². The first-order valence-corrected chi connectivity index (χ1v) is 8.04. The molecule has 1 aliphatic rings. The molecule has 0 saturated carbocycles. The zero-order chi connectivity index (χ0) is 16.9. The second-order valence-electron chi connectivity index (χ2n) is 5.99. The molecule has 6 nitrogen and oxygen atoms in total. The van der Waals surface area contributed by atoms with Crippen molar-refractivity contribution >= 4 is 17.9 Å². The van der Waals surface area contributed by atoms with Crippen molar-refractivity contribution in [3.8, 4) is 0 Å². The molecule has 2 aromatic rings. The zero-order valence-corrected chi connectivity index (χ0v) is 14.0. The molecule has 1 saturated heterocycles. The van der Waals surface area contributed by atoms with Gasteiger partial charge in [-0.15, -0.1) is 0 Å². The normalized spacial score (nSPS) is 17.4. The van der Waals surface area contributed by atoms with Crippen LogP contribution in [0.4, 0.5) is 5.95 Å². The summed E-state index contributed by atoms with van der Waals surface area (Å²) in [6, 6.07) is 5.90. The Morgan fingerprint density at radius 3 is 2.71 bits per heavy atom. The predicted octanol–water partition coefficient (Wildman–Crippen LogP) is 2.31. The van der Waals surface area contributed by atoms with Crippen LogP contribution in [0.3, 0.4) is 0 Å². The van der Waals surface area contributed by atoms with Gasteiger partial charge in [0.1, 0.15) is 0 Å². The molecule has 2 aromatic heterocycles. The Hall–Kier alpha value is -2.76. The smallest absolute Gasteiger partial charge is 0.247 e. The molecule has 0 radical (unpaired) electrons. The third kappa shape index (κ3) is 3.59. The molecular formula is C18H21N5O. The molecule has 1 unspecified atom stereocenters. The van der Waals surface area contributed by atoms with Crippen molar-refractivity contribution < 1.29 is 4.79 Å². The Labute approximate surface area is 141 Å². The van der Waals surface area contributed by atoms with Crippen LogP contribution in [0, 0.1) is 0 Å². The Balaban J connectivity index is 1.69. The summed E-state index contributed by atoms with van der Waals surface area (Å²) in [5.74, 6) is 0.646. The van der Waals surface area contributed by atoms with Crippen LogP contribution in [0.15, 0.2) is 42.9 Å². The molecule has 3 heterocycles. The molecule has 0 aromatic carbocycles. The topological polar surface area (TPSA) is 62.2 Å². The number of aromatic nitrogens is 3. The SMILES string of the molecule is CN(C)c1ncc(C=CC(=O)N2CCCC2c2ccccn2)cn1. The average molecular weight is 323 g/mol. The van der Waals surface area contributed by atoms with Gasteiger partial charge in [0.05, 0.1) is 11.7 Å². The average Bonchev–Trinajstić information content (AvgIpc) is 3.10. The first-order chi connectivity index (χ1) is 11.6. The van der Waals surface area contributed by atoms with Crippen LogP contribution in [-0.4, -0.2) is 46.4 Å². The zero-order valence-electron chi connectivity index (χ0n) is 14.0. The maximum Gasteiger partial charge on any atom is 0.247 e. The molecule has 1 fully saturated rings. The number of hydrogen-bond acceptors (Lipinski definition) is 5. The molecule has 1 amide bonds. The number of rotatable bonds is 4. The lowest BCUT2D eigenvalue weighted by atomic mass is 10.1. The van der Waals surface area contributed by atoms with Crippen LogP contribution < -0.4 is 4.90 Å². The summed E-state index contributed by atoms with van der Waals surface area (Å²) < 4.78 is 0. The number of nitrogens with zero attached hydrogens (tertiary/aromatic N) is 5. The van der Waals surface area contributed by atoms with Gasteiger partial charge in [-0.25, -0.2) is 9.97 Å². The Kier molecular flexibility index (Phi) is 4.84. The summed E-state index contributed by atoms with van der Waals surface area (Å²) in [6.07, 6.45) is 10.5. The van der Waals surface area contributed by atoms with E-state index in [1.54, 1.807) is 30.7 Å².